The highest BCUT2D eigenvalue weighted by molar-refractivity contribution is 7.13. The maximum Gasteiger partial charge on any atom is 0.255 e. The van der Waals surface area contributed by atoms with E-state index < -0.39 is 0 Å². The first-order chi connectivity index (χ1) is 10.9. The topological polar surface area (TPSA) is 70.7 Å². The summed E-state index contributed by atoms with van der Waals surface area (Å²) in [6, 6.07) is 4.02. The van der Waals surface area contributed by atoms with Crippen molar-refractivity contribution in [2.45, 2.75) is 33.7 Å². The molecule has 3 aromatic rings. The number of aromatic amines is 1. The van der Waals surface area contributed by atoms with Crippen LogP contribution in [0, 0.1) is 5.41 Å². The van der Waals surface area contributed by atoms with Crippen LogP contribution in [0.15, 0.2) is 29.9 Å². The predicted molar refractivity (Wildman–Crippen MR) is 93.6 cm³/mol. The van der Waals surface area contributed by atoms with Crippen LogP contribution >= 0.6 is 11.3 Å². The number of aromatic nitrogens is 3. The molecule has 0 bridgehead atoms. The summed E-state index contributed by atoms with van der Waals surface area (Å²) in [6.07, 6.45) is 3.40. The number of nitrogens with zero attached hydrogens (tertiary/aromatic N) is 2. The second-order valence-electron chi connectivity index (χ2n) is 6.69. The van der Waals surface area contributed by atoms with E-state index in [2.05, 4.69) is 41.0 Å². The molecule has 0 radical (unpaired) electrons. The molecule has 0 spiro atoms. The Morgan fingerprint density at radius 3 is 2.83 bits per heavy atom. The molecule has 2 N–H and O–H groups in total. The van der Waals surface area contributed by atoms with E-state index >= 15 is 0 Å². The number of carbonyl (C=O) groups excluding carboxylic acids is 1. The van der Waals surface area contributed by atoms with Crippen molar-refractivity contribution in [2.75, 3.05) is 0 Å². The molecule has 0 aromatic carbocycles. The molecule has 23 heavy (non-hydrogen) atoms. The average molecular weight is 328 g/mol. The molecule has 3 heterocycles. The number of hydrogen-bond donors (Lipinski definition) is 2. The van der Waals surface area contributed by atoms with E-state index in [-0.39, 0.29) is 17.4 Å². The highest BCUT2D eigenvalue weighted by Crippen LogP contribution is 2.25. The van der Waals surface area contributed by atoms with Crippen molar-refractivity contribution in [3.05, 3.63) is 35.5 Å². The zero-order valence-electron chi connectivity index (χ0n) is 13.7. The van der Waals surface area contributed by atoms with E-state index in [0.717, 1.165) is 10.6 Å². The van der Waals surface area contributed by atoms with Gasteiger partial charge in [0.05, 0.1) is 22.3 Å². The second kappa shape index (κ2) is 5.77. The van der Waals surface area contributed by atoms with Crippen molar-refractivity contribution in [3.63, 3.8) is 0 Å². The van der Waals surface area contributed by atoms with Crippen LogP contribution in [0.25, 0.3) is 21.7 Å². The van der Waals surface area contributed by atoms with Crippen molar-refractivity contribution in [1.29, 1.82) is 0 Å². The third kappa shape index (κ3) is 3.12. The molecule has 0 aliphatic carbocycles. The maximum absolute atomic E-state index is 12.6. The zero-order valence-corrected chi connectivity index (χ0v) is 14.5. The Hall–Kier alpha value is -2.21. The SMILES string of the molecule is CC(NC(=O)c1c[nH]c2ncc(-c3cccs3)nc12)C(C)(C)C. The Bertz CT molecular complexity index is 830. The summed E-state index contributed by atoms with van der Waals surface area (Å²) in [4.78, 5) is 25.6. The van der Waals surface area contributed by atoms with Crippen LogP contribution in [0.5, 0.6) is 0 Å². The lowest BCUT2D eigenvalue weighted by molar-refractivity contribution is 0.0911. The molecule has 0 saturated carbocycles. The number of rotatable bonds is 3. The van der Waals surface area contributed by atoms with Crippen molar-refractivity contribution < 1.29 is 4.79 Å². The van der Waals surface area contributed by atoms with Gasteiger partial charge in [-0.05, 0) is 23.8 Å². The van der Waals surface area contributed by atoms with Crippen LogP contribution in [0.4, 0.5) is 0 Å². The van der Waals surface area contributed by atoms with E-state index in [0.29, 0.717) is 16.7 Å². The van der Waals surface area contributed by atoms with Crippen LogP contribution in [0.1, 0.15) is 38.1 Å². The highest BCUT2D eigenvalue weighted by atomic mass is 32.1. The highest BCUT2D eigenvalue weighted by Gasteiger charge is 2.24. The zero-order chi connectivity index (χ0) is 16.6. The Labute approximate surface area is 139 Å². The molecular weight excluding hydrogens is 308 g/mol. The van der Waals surface area contributed by atoms with Gasteiger partial charge in [0, 0.05) is 12.2 Å². The van der Waals surface area contributed by atoms with E-state index in [4.69, 9.17) is 0 Å². The van der Waals surface area contributed by atoms with E-state index in [1.807, 2.05) is 24.4 Å². The quantitative estimate of drug-likeness (QED) is 0.767. The van der Waals surface area contributed by atoms with Crippen LogP contribution in [0.2, 0.25) is 0 Å². The van der Waals surface area contributed by atoms with Gasteiger partial charge in [-0.15, -0.1) is 11.3 Å². The minimum Gasteiger partial charge on any atom is -0.349 e. The Morgan fingerprint density at radius 2 is 2.17 bits per heavy atom. The molecule has 0 saturated heterocycles. The summed E-state index contributed by atoms with van der Waals surface area (Å²) in [7, 11) is 0. The molecule has 0 aliphatic heterocycles. The smallest absolute Gasteiger partial charge is 0.255 e. The van der Waals surface area contributed by atoms with Crippen LogP contribution < -0.4 is 5.32 Å². The third-order valence-electron chi connectivity index (χ3n) is 4.05. The average Bonchev–Trinajstić information content (AvgIpc) is 3.15. The Kier molecular flexibility index (Phi) is 3.93. The van der Waals surface area contributed by atoms with Crippen LogP contribution in [-0.2, 0) is 0 Å². The van der Waals surface area contributed by atoms with E-state index in [9.17, 15) is 4.79 Å². The lowest BCUT2D eigenvalue weighted by Gasteiger charge is -2.27. The molecule has 120 valence electrons. The van der Waals surface area contributed by atoms with Gasteiger partial charge in [-0.25, -0.2) is 9.97 Å². The number of nitrogens with one attached hydrogen (secondary N) is 2. The lowest BCUT2D eigenvalue weighted by Crippen LogP contribution is -2.41. The van der Waals surface area contributed by atoms with Gasteiger partial charge in [-0.2, -0.15) is 0 Å². The molecule has 0 aliphatic rings. The fraction of sp³-hybridized carbons (Fsp3) is 0.353. The van der Waals surface area contributed by atoms with Gasteiger partial charge in [0.2, 0.25) is 0 Å². The molecule has 3 rings (SSSR count). The minimum absolute atomic E-state index is 0.00439. The molecule has 3 aromatic heterocycles. The predicted octanol–water partition coefficient (Wildman–Crippen LogP) is 3.85. The first-order valence-corrected chi connectivity index (χ1v) is 8.43. The molecular formula is C17H20N4OS. The van der Waals surface area contributed by atoms with Gasteiger partial charge >= 0.3 is 0 Å². The third-order valence-corrected chi connectivity index (χ3v) is 4.94. The second-order valence-corrected chi connectivity index (χ2v) is 7.64. The number of fused-ring (bicyclic) bond motifs is 1. The maximum atomic E-state index is 12.6. The number of thiophene rings is 1. The fourth-order valence-electron chi connectivity index (χ4n) is 2.10. The number of H-pyrrole nitrogens is 1. The van der Waals surface area contributed by atoms with Crippen LogP contribution in [0.3, 0.4) is 0 Å². The first kappa shape index (κ1) is 15.7. The Balaban J connectivity index is 1.95. The number of hydrogen-bond acceptors (Lipinski definition) is 4. The summed E-state index contributed by atoms with van der Waals surface area (Å²) in [5.74, 6) is -0.128. The molecule has 6 heteroatoms. The molecule has 5 nitrogen and oxygen atoms in total. The summed E-state index contributed by atoms with van der Waals surface area (Å²) in [6.45, 7) is 8.31. The fourth-order valence-corrected chi connectivity index (χ4v) is 2.78. The normalized spacial score (nSPS) is 13.2. The van der Waals surface area contributed by atoms with Gasteiger partial charge in [-0.1, -0.05) is 26.8 Å². The van der Waals surface area contributed by atoms with Gasteiger partial charge in [-0.3, -0.25) is 4.79 Å². The summed E-state index contributed by atoms with van der Waals surface area (Å²) in [5, 5.41) is 5.04. The van der Waals surface area contributed by atoms with Gasteiger partial charge in [0.1, 0.15) is 5.52 Å². The van der Waals surface area contributed by atoms with Crippen molar-refractivity contribution in [3.8, 4) is 10.6 Å². The molecule has 1 amide bonds. The lowest BCUT2D eigenvalue weighted by atomic mass is 9.88. The largest absolute Gasteiger partial charge is 0.349 e. The van der Waals surface area contributed by atoms with E-state index in [1.54, 1.807) is 23.7 Å². The molecule has 1 unspecified atom stereocenters. The van der Waals surface area contributed by atoms with Gasteiger partial charge < -0.3 is 10.3 Å². The number of carbonyl (C=O) groups is 1. The van der Waals surface area contributed by atoms with Gasteiger partial charge in [0.25, 0.3) is 5.91 Å². The molecule has 0 fully saturated rings. The monoisotopic (exact) mass is 328 g/mol. The van der Waals surface area contributed by atoms with Crippen molar-refractivity contribution >= 4 is 28.4 Å². The molecule has 1 atom stereocenters. The first-order valence-electron chi connectivity index (χ1n) is 7.55. The summed E-state index contributed by atoms with van der Waals surface area (Å²) >= 11 is 1.60. The van der Waals surface area contributed by atoms with E-state index in [1.165, 1.54) is 0 Å². The van der Waals surface area contributed by atoms with Gasteiger partial charge in [0.15, 0.2) is 5.65 Å². The summed E-state index contributed by atoms with van der Waals surface area (Å²) < 4.78 is 0. The van der Waals surface area contributed by atoms with Crippen LogP contribution in [-0.4, -0.2) is 26.9 Å². The van der Waals surface area contributed by atoms with Crippen molar-refractivity contribution in [2.24, 2.45) is 5.41 Å². The standard InChI is InChI=1S/C17H20N4OS/c1-10(17(2,3)4)20-16(22)11-8-18-15-14(11)21-12(9-19-15)13-6-5-7-23-13/h5-10H,1-4H3,(H,18,19)(H,20,22). The summed E-state index contributed by atoms with van der Waals surface area (Å²) in [5.41, 5.74) is 2.54. The minimum atomic E-state index is -0.128. The number of amides is 1. The Morgan fingerprint density at radius 1 is 1.39 bits per heavy atom. The van der Waals surface area contributed by atoms with Crippen molar-refractivity contribution in [1.82, 2.24) is 20.3 Å².